The largest absolute Gasteiger partial charge is 0.305 e. The van der Waals surface area contributed by atoms with Crippen molar-refractivity contribution in [3.05, 3.63) is 69.8 Å². The Hall–Kier alpha value is -2.34. The van der Waals surface area contributed by atoms with E-state index in [1.54, 1.807) is 6.20 Å². The van der Waals surface area contributed by atoms with E-state index < -0.39 is 16.4 Å². The molecule has 0 fully saturated rings. The number of benzene rings is 1. The molecule has 0 saturated heterocycles. The minimum absolute atomic E-state index is 0.0742. The summed E-state index contributed by atoms with van der Waals surface area (Å²) in [6.07, 6.45) is 1.68. The Balaban J connectivity index is 2.08. The van der Waals surface area contributed by atoms with Crippen LogP contribution >= 0.6 is 0 Å². The summed E-state index contributed by atoms with van der Waals surface area (Å²) in [4.78, 5) is 14.1. The van der Waals surface area contributed by atoms with E-state index in [0.29, 0.717) is 0 Å². The van der Waals surface area contributed by atoms with Gasteiger partial charge in [0.2, 0.25) is 5.82 Å². The van der Waals surface area contributed by atoms with E-state index in [-0.39, 0.29) is 18.2 Å². The Kier molecular flexibility index (Phi) is 4.37. The monoisotopic (exact) mass is 275 g/mol. The smallest absolute Gasteiger partial charge is 0.305 e. The van der Waals surface area contributed by atoms with Crippen LogP contribution in [0.4, 0.5) is 10.1 Å². The van der Waals surface area contributed by atoms with Crippen molar-refractivity contribution in [2.24, 2.45) is 0 Å². The number of rotatable bonds is 5. The average Bonchev–Trinajstić information content (AvgIpc) is 2.46. The van der Waals surface area contributed by atoms with Crippen molar-refractivity contribution in [2.75, 3.05) is 0 Å². The second kappa shape index (κ2) is 6.21. The third-order valence-electron chi connectivity index (χ3n) is 2.99. The summed E-state index contributed by atoms with van der Waals surface area (Å²) in [5, 5.41) is 13.8. The lowest BCUT2D eigenvalue weighted by molar-refractivity contribution is -0.387. The van der Waals surface area contributed by atoms with Crippen LogP contribution in [0, 0.1) is 15.9 Å². The summed E-state index contributed by atoms with van der Waals surface area (Å²) in [6.45, 7) is 2.10. The molecule has 0 aliphatic rings. The predicted octanol–water partition coefficient (Wildman–Crippen LogP) is 2.98. The van der Waals surface area contributed by atoms with Gasteiger partial charge in [-0.15, -0.1) is 0 Å². The van der Waals surface area contributed by atoms with Crippen LogP contribution < -0.4 is 5.32 Å². The van der Waals surface area contributed by atoms with Gasteiger partial charge < -0.3 is 5.32 Å². The van der Waals surface area contributed by atoms with Crippen molar-refractivity contribution in [3.8, 4) is 0 Å². The molecule has 1 heterocycles. The molecule has 2 rings (SSSR count). The number of nitro groups is 1. The first-order chi connectivity index (χ1) is 9.59. The highest BCUT2D eigenvalue weighted by Crippen LogP contribution is 2.20. The molecule has 20 heavy (non-hydrogen) atoms. The quantitative estimate of drug-likeness (QED) is 0.672. The molecule has 1 N–H and O–H groups in total. The van der Waals surface area contributed by atoms with Crippen molar-refractivity contribution in [2.45, 2.75) is 19.5 Å². The highest BCUT2D eigenvalue weighted by molar-refractivity contribution is 5.36. The second-order valence-corrected chi connectivity index (χ2v) is 4.36. The Labute approximate surface area is 115 Å². The van der Waals surface area contributed by atoms with Gasteiger partial charge in [-0.1, -0.05) is 18.2 Å². The summed E-state index contributed by atoms with van der Waals surface area (Å²) in [6, 6.07) is 9.63. The van der Waals surface area contributed by atoms with E-state index in [1.807, 2.05) is 25.1 Å². The molecule has 0 bridgehead atoms. The fourth-order valence-electron chi connectivity index (χ4n) is 1.84. The lowest BCUT2D eigenvalue weighted by Gasteiger charge is -2.13. The van der Waals surface area contributed by atoms with Crippen molar-refractivity contribution in [1.29, 1.82) is 0 Å². The zero-order valence-electron chi connectivity index (χ0n) is 10.9. The van der Waals surface area contributed by atoms with Crippen molar-refractivity contribution in [3.63, 3.8) is 0 Å². The first kappa shape index (κ1) is 14.1. The van der Waals surface area contributed by atoms with E-state index in [4.69, 9.17) is 0 Å². The molecule has 0 aliphatic carbocycles. The van der Waals surface area contributed by atoms with E-state index in [1.165, 1.54) is 12.1 Å². The number of nitrogens with one attached hydrogen (secondary N) is 1. The zero-order valence-corrected chi connectivity index (χ0v) is 10.9. The van der Waals surface area contributed by atoms with Crippen LogP contribution in [0.25, 0.3) is 0 Å². The molecule has 0 spiro atoms. The van der Waals surface area contributed by atoms with Gasteiger partial charge >= 0.3 is 5.69 Å². The summed E-state index contributed by atoms with van der Waals surface area (Å²) in [5.41, 5.74) is 0.593. The number of hydrogen-bond donors (Lipinski definition) is 1. The molecular formula is C14H14FN3O2. The van der Waals surface area contributed by atoms with E-state index in [9.17, 15) is 14.5 Å². The van der Waals surface area contributed by atoms with Crippen LogP contribution in [-0.4, -0.2) is 9.91 Å². The topological polar surface area (TPSA) is 68.1 Å². The average molecular weight is 275 g/mol. The number of hydrogen-bond acceptors (Lipinski definition) is 4. The van der Waals surface area contributed by atoms with E-state index in [0.717, 1.165) is 11.8 Å². The standard InChI is InChI=1S/C14H14FN3O2/c1-10(12-6-2-3-8-16-12)17-9-11-5-4-7-13(14(11)15)18(19)20/h2-8,10,17H,9H2,1H3/t10-/m0/s1. The van der Waals surface area contributed by atoms with Crippen LogP contribution in [0.1, 0.15) is 24.2 Å². The highest BCUT2D eigenvalue weighted by Gasteiger charge is 2.17. The highest BCUT2D eigenvalue weighted by atomic mass is 19.1. The Morgan fingerprint density at radius 2 is 2.15 bits per heavy atom. The first-order valence-electron chi connectivity index (χ1n) is 6.15. The maximum absolute atomic E-state index is 13.9. The summed E-state index contributed by atoms with van der Waals surface area (Å²) >= 11 is 0. The molecule has 0 amide bonds. The second-order valence-electron chi connectivity index (χ2n) is 4.36. The van der Waals surface area contributed by atoms with E-state index >= 15 is 0 Å². The van der Waals surface area contributed by atoms with Gasteiger partial charge in [0.15, 0.2) is 0 Å². The zero-order chi connectivity index (χ0) is 14.5. The molecule has 5 nitrogen and oxygen atoms in total. The van der Waals surface area contributed by atoms with E-state index in [2.05, 4.69) is 10.3 Å². The number of halogens is 1. The molecule has 0 aliphatic heterocycles. The van der Waals surface area contributed by atoms with Gasteiger partial charge in [0.25, 0.3) is 0 Å². The SMILES string of the molecule is C[C@H](NCc1cccc([N+](=O)[O-])c1F)c1ccccn1. The Morgan fingerprint density at radius 1 is 1.35 bits per heavy atom. The fraction of sp³-hybridized carbons (Fsp3) is 0.214. The van der Waals surface area contributed by atoms with Crippen LogP contribution in [-0.2, 0) is 6.54 Å². The minimum atomic E-state index is -0.793. The maximum Gasteiger partial charge on any atom is 0.305 e. The Bertz CT molecular complexity index is 605. The molecule has 6 heteroatoms. The summed E-state index contributed by atoms with van der Waals surface area (Å²) < 4.78 is 13.9. The van der Waals surface area contributed by atoms with Gasteiger partial charge in [0.1, 0.15) is 0 Å². The molecule has 2 aromatic rings. The van der Waals surface area contributed by atoms with Crippen molar-refractivity contribution in [1.82, 2.24) is 10.3 Å². The van der Waals surface area contributed by atoms with Crippen molar-refractivity contribution < 1.29 is 9.31 Å². The van der Waals surface area contributed by atoms with Crippen LogP contribution in [0.3, 0.4) is 0 Å². The molecule has 104 valence electrons. The van der Waals surface area contributed by atoms with Gasteiger partial charge in [-0.05, 0) is 19.1 Å². The molecule has 1 aromatic heterocycles. The summed E-state index contributed by atoms with van der Waals surface area (Å²) in [7, 11) is 0. The van der Waals surface area contributed by atoms with Gasteiger partial charge in [-0.25, -0.2) is 0 Å². The number of pyridine rings is 1. The normalized spacial score (nSPS) is 12.1. The lowest BCUT2D eigenvalue weighted by Crippen LogP contribution is -2.19. The van der Waals surface area contributed by atoms with Gasteiger partial charge in [0, 0.05) is 30.4 Å². The van der Waals surface area contributed by atoms with Crippen LogP contribution in [0.15, 0.2) is 42.6 Å². The molecule has 1 atom stereocenters. The molecule has 0 unspecified atom stereocenters. The lowest BCUT2D eigenvalue weighted by atomic mass is 10.1. The predicted molar refractivity (Wildman–Crippen MR) is 72.5 cm³/mol. The maximum atomic E-state index is 13.9. The Morgan fingerprint density at radius 3 is 2.80 bits per heavy atom. The number of nitro benzene ring substituents is 1. The van der Waals surface area contributed by atoms with Gasteiger partial charge in [-0.2, -0.15) is 4.39 Å². The molecule has 0 radical (unpaired) electrons. The molecule has 0 saturated carbocycles. The van der Waals surface area contributed by atoms with Crippen LogP contribution in [0.2, 0.25) is 0 Å². The van der Waals surface area contributed by atoms with Crippen LogP contribution in [0.5, 0.6) is 0 Å². The third kappa shape index (κ3) is 3.16. The molecule has 1 aromatic carbocycles. The first-order valence-corrected chi connectivity index (χ1v) is 6.15. The fourth-order valence-corrected chi connectivity index (χ4v) is 1.84. The number of nitrogens with zero attached hydrogens (tertiary/aromatic N) is 2. The van der Waals surface area contributed by atoms with Gasteiger partial charge in [0.05, 0.1) is 10.6 Å². The summed E-state index contributed by atoms with van der Waals surface area (Å²) in [5.74, 6) is -0.793. The van der Waals surface area contributed by atoms with Gasteiger partial charge in [-0.3, -0.25) is 15.1 Å². The number of aromatic nitrogens is 1. The molecular weight excluding hydrogens is 261 g/mol. The third-order valence-corrected chi connectivity index (χ3v) is 2.99. The van der Waals surface area contributed by atoms with Crippen molar-refractivity contribution >= 4 is 5.69 Å². The minimum Gasteiger partial charge on any atom is -0.305 e.